The van der Waals surface area contributed by atoms with Crippen molar-refractivity contribution in [2.24, 2.45) is 5.92 Å². The summed E-state index contributed by atoms with van der Waals surface area (Å²) < 4.78 is 5.42. The molecule has 23 heavy (non-hydrogen) atoms. The third-order valence-electron chi connectivity index (χ3n) is 4.57. The molecule has 4 N–H and O–H groups in total. The van der Waals surface area contributed by atoms with Crippen LogP contribution < -0.4 is 16.4 Å². The molecule has 1 aromatic rings. The molecule has 2 unspecified atom stereocenters. The van der Waals surface area contributed by atoms with Crippen LogP contribution in [0.1, 0.15) is 26.7 Å². The summed E-state index contributed by atoms with van der Waals surface area (Å²) in [6.45, 7) is 6.04. The zero-order valence-corrected chi connectivity index (χ0v) is 13.7. The maximum Gasteiger partial charge on any atom is 0.410 e. The largest absolute Gasteiger partial charge is 0.449 e. The van der Waals surface area contributed by atoms with Crippen LogP contribution in [0.4, 0.5) is 22.0 Å². The molecule has 2 bridgehead atoms. The summed E-state index contributed by atoms with van der Waals surface area (Å²) in [6.07, 6.45) is 3.48. The van der Waals surface area contributed by atoms with Gasteiger partial charge in [0.2, 0.25) is 0 Å². The Labute approximate surface area is 136 Å². The molecule has 2 aliphatic heterocycles. The van der Waals surface area contributed by atoms with E-state index in [1.807, 2.05) is 24.8 Å². The van der Waals surface area contributed by atoms with E-state index in [1.54, 1.807) is 6.20 Å². The number of piperazine rings is 1. The third kappa shape index (κ3) is 3.00. The average Bonchev–Trinajstić information content (AvgIpc) is 2.78. The minimum Gasteiger partial charge on any atom is -0.449 e. The standard InChI is InChI=1S/C16H25N5O2/c1-10(2)9-23-16(22)21-11-3-4-12(21)8-20(7-11)13-5-6-19-15(18)14(13)17/h5-6,10-12H,3-4,7-9,17H2,1-2H3,(H2,18,19). The van der Waals surface area contributed by atoms with Gasteiger partial charge in [-0.15, -0.1) is 0 Å². The Hall–Kier alpha value is -2.18. The lowest BCUT2D eigenvalue weighted by atomic mass is 10.1. The van der Waals surface area contributed by atoms with Gasteiger partial charge < -0.3 is 21.1 Å². The fourth-order valence-electron chi connectivity index (χ4n) is 3.46. The smallest absolute Gasteiger partial charge is 0.410 e. The van der Waals surface area contributed by atoms with Crippen molar-refractivity contribution in [2.45, 2.75) is 38.8 Å². The second-order valence-corrected chi connectivity index (χ2v) is 6.80. The summed E-state index contributed by atoms with van der Waals surface area (Å²) in [6, 6.07) is 2.22. The van der Waals surface area contributed by atoms with Crippen LogP contribution in [0.15, 0.2) is 12.3 Å². The molecule has 2 saturated heterocycles. The van der Waals surface area contributed by atoms with Gasteiger partial charge in [0, 0.05) is 19.3 Å². The Morgan fingerprint density at radius 3 is 2.61 bits per heavy atom. The molecule has 0 radical (unpaired) electrons. The second kappa shape index (κ2) is 6.14. The predicted molar refractivity (Wildman–Crippen MR) is 90.1 cm³/mol. The first-order valence-electron chi connectivity index (χ1n) is 8.17. The first-order chi connectivity index (χ1) is 11.0. The van der Waals surface area contributed by atoms with Crippen LogP contribution in [0.5, 0.6) is 0 Å². The van der Waals surface area contributed by atoms with Crippen molar-refractivity contribution in [3.05, 3.63) is 12.3 Å². The average molecular weight is 319 g/mol. The topological polar surface area (TPSA) is 97.7 Å². The van der Waals surface area contributed by atoms with E-state index in [2.05, 4.69) is 9.88 Å². The Morgan fingerprint density at radius 1 is 1.35 bits per heavy atom. The van der Waals surface area contributed by atoms with Crippen LogP contribution in [0, 0.1) is 5.92 Å². The second-order valence-electron chi connectivity index (χ2n) is 6.80. The molecule has 3 rings (SSSR count). The summed E-state index contributed by atoms with van der Waals surface area (Å²) in [4.78, 5) is 20.5. The van der Waals surface area contributed by atoms with Gasteiger partial charge in [-0.1, -0.05) is 13.8 Å². The van der Waals surface area contributed by atoms with Gasteiger partial charge in [0.15, 0.2) is 0 Å². The number of fused-ring (bicyclic) bond motifs is 2. The molecule has 3 heterocycles. The number of hydrogen-bond acceptors (Lipinski definition) is 6. The lowest BCUT2D eigenvalue weighted by Gasteiger charge is -2.41. The van der Waals surface area contributed by atoms with Gasteiger partial charge in [0.1, 0.15) is 5.82 Å². The van der Waals surface area contributed by atoms with Crippen molar-refractivity contribution in [1.82, 2.24) is 9.88 Å². The van der Waals surface area contributed by atoms with E-state index in [0.717, 1.165) is 31.6 Å². The number of carbonyl (C=O) groups excluding carboxylic acids is 1. The van der Waals surface area contributed by atoms with Gasteiger partial charge in [-0.05, 0) is 24.8 Å². The lowest BCUT2D eigenvalue weighted by Crippen LogP contribution is -2.56. The third-order valence-corrected chi connectivity index (χ3v) is 4.57. The Balaban J connectivity index is 1.72. The highest BCUT2D eigenvalue weighted by molar-refractivity contribution is 5.77. The number of hydrogen-bond donors (Lipinski definition) is 2. The van der Waals surface area contributed by atoms with E-state index in [1.165, 1.54) is 0 Å². The lowest BCUT2D eigenvalue weighted by molar-refractivity contribution is 0.0704. The van der Waals surface area contributed by atoms with Gasteiger partial charge in [0.05, 0.1) is 30.1 Å². The van der Waals surface area contributed by atoms with E-state index >= 15 is 0 Å². The number of carbonyl (C=O) groups is 1. The Kier molecular flexibility index (Phi) is 4.19. The highest BCUT2D eigenvalue weighted by Crippen LogP contribution is 2.36. The van der Waals surface area contributed by atoms with E-state index in [4.69, 9.17) is 16.2 Å². The molecule has 1 amide bonds. The normalized spacial score (nSPS) is 23.4. The van der Waals surface area contributed by atoms with Gasteiger partial charge >= 0.3 is 6.09 Å². The minimum atomic E-state index is -0.187. The van der Waals surface area contributed by atoms with E-state index in [9.17, 15) is 4.79 Å². The summed E-state index contributed by atoms with van der Waals surface area (Å²) in [7, 11) is 0. The molecule has 126 valence electrons. The maximum atomic E-state index is 12.4. The highest BCUT2D eigenvalue weighted by atomic mass is 16.6. The van der Waals surface area contributed by atoms with Gasteiger partial charge in [-0.25, -0.2) is 9.78 Å². The predicted octanol–water partition coefficient (Wildman–Crippen LogP) is 1.69. The maximum absolute atomic E-state index is 12.4. The van der Waals surface area contributed by atoms with Gasteiger partial charge in [-0.3, -0.25) is 4.90 Å². The number of aromatic nitrogens is 1. The van der Waals surface area contributed by atoms with Crippen LogP contribution in [-0.4, -0.2) is 47.8 Å². The molecule has 1 aromatic heterocycles. The fourth-order valence-corrected chi connectivity index (χ4v) is 3.46. The van der Waals surface area contributed by atoms with Crippen LogP contribution in [0.2, 0.25) is 0 Å². The van der Waals surface area contributed by atoms with Gasteiger partial charge in [0.25, 0.3) is 0 Å². The molecule has 2 atom stereocenters. The Bertz CT molecular complexity index is 578. The van der Waals surface area contributed by atoms with Crippen LogP contribution in [0.25, 0.3) is 0 Å². The molecular formula is C16H25N5O2. The summed E-state index contributed by atoms with van der Waals surface area (Å²) in [5, 5.41) is 0. The van der Waals surface area contributed by atoms with Crippen LogP contribution >= 0.6 is 0 Å². The minimum absolute atomic E-state index is 0.169. The van der Waals surface area contributed by atoms with E-state index in [-0.39, 0.29) is 18.2 Å². The molecule has 0 aromatic carbocycles. The number of pyridine rings is 1. The highest BCUT2D eigenvalue weighted by Gasteiger charge is 2.43. The molecule has 0 saturated carbocycles. The van der Waals surface area contributed by atoms with Crippen LogP contribution in [0.3, 0.4) is 0 Å². The number of ether oxygens (including phenoxy) is 1. The van der Waals surface area contributed by atoms with Crippen molar-refractivity contribution >= 4 is 23.3 Å². The Morgan fingerprint density at radius 2 is 2.00 bits per heavy atom. The molecule has 2 fully saturated rings. The van der Waals surface area contributed by atoms with Crippen molar-refractivity contribution in [1.29, 1.82) is 0 Å². The number of nitrogen functional groups attached to an aromatic ring is 2. The number of amides is 1. The quantitative estimate of drug-likeness (QED) is 0.880. The van der Waals surface area contributed by atoms with Gasteiger partial charge in [-0.2, -0.15) is 0 Å². The van der Waals surface area contributed by atoms with Crippen LogP contribution in [-0.2, 0) is 4.74 Å². The monoisotopic (exact) mass is 319 g/mol. The summed E-state index contributed by atoms with van der Waals surface area (Å²) in [5.41, 5.74) is 13.3. The zero-order chi connectivity index (χ0) is 16.6. The number of rotatable bonds is 3. The molecule has 7 heteroatoms. The number of nitrogens with zero attached hydrogens (tertiary/aromatic N) is 3. The first-order valence-corrected chi connectivity index (χ1v) is 8.17. The van der Waals surface area contributed by atoms with Crippen molar-refractivity contribution in [3.8, 4) is 0 Å². The molecular weight excluding hydrogens is 294 g/mol. The first kappa shape index (κ1) is 15.7. The summed E-state index contributed by atoms with van der Waals surface area (Å²) >= 11 is 0. The molecule has 2 aliphatic rings. The summed E-state index contributed by atoms with van der Waals surface area (Å²) in [5.74, 6) is 0.700. The van der Waals surface area contributed by atoms with Crippen molar-refractivity contribution < 1.29 is 9.53 Å². The fraction of sp³-hybridized carbons (Fsp3) is 0.625. The molecule has 0 aliphatic carbocycles. The number of anilines is 3. The van der Waals surface area contributed by atoms with Crippen molar-refractivity contribution in [3.63, 3.8) is 0 Å². The number of nitrogens with two attached hydrogens (primary N) is 2. The molecule has 7 nitrogen and oxygen atoms in total. The van der Waals surface area contributed by atoms with E-state index < -0.39 is 0 Å². The SMILES string of the molecule is CC(C)COC(=O)N1C2CCC1CN(c1ccnc(N)c1N)C2. The van der Waals surface area contributed by atoms with E-state index in [0.29, 0.717) is 24.0 Å². The van der Waals surface area contributed by atoms with Crippen molar-refractivity contribution in [2.75, 3.05) is 36.1 Å². The zero-order valence-electron chi connectivity index (χ0n) is 13.7. The molecule has 0 spiro atoms.